The number of carboxylic acid groups (broad SMARTS) is 1. The largest absolute Gasteiger partial charge is 0.476 e. The van der Waals surface area contributed by atoms with E-state index in [1.807, 2.05) is 0 Å². The number of carboxylic acids is 1. The molecule has 0 aromatic rings. The molecular formula is C33H62O10. The second-order valence-electron chi connectivity index (χ2n) is 10.8. The Bertz CT molecular complexity index is 629. The van der Waals surface area contributed by atoms with Crippen molar-refractivity contribution in [3.05, 3.63) is 0 Å². The SMILES string of the molecule is CCCCCCCCCCCCCCCCCCOCCOCCOCCOCCOCCOC(=O)CCC(=O)C(=O)O. The summed E-state index contributed by atoms with van der Waals surface area (Å²) in [5.41, 5.74) is 0. The fourth-order valence-corrected chi connectivity index (χ4v) is 4.34. The van der Waals surface area contributed by atoms with Crippen molar-refractivity contribution in [2.45, 2.75) is 122 Å². The quantitative estimate of drug-likeness (QED) is 0.0485. The van der Waals surface area contributed by atoms with Gasteiger partial charge in [-0.3, -0.25) is 9.59 Å². The summed E-state index contributed by atoms with van der Waals surface area (Å²) in [7, 11) is 0. The number of unbranched alkanes of at least 4 members (excludes halogenated alkanes) is 15. The van der Waals surface area contributed by atoms with Crippen LogP contribution in [0.1, 0.15) is 122 Å². The predicted octanol–water partition coefficient (Wildman–Crippen LogP) is 6.31. The first-order valence-electron chi connectivity index (χ1n) is 16.9. The van der Waals surface area contributed by atoms with E-state index in [1.54, 1.807) is 0 Å². The zero-order valence-corrected chi connectivity index (χ0v) is 27.1. The van der Waals surface area contributed by atoms with Crippen molar-refractivity contribution >= 4 is 17.7 Å². The Morgan fingerprint density at radius 1 is 0.419 bits per heavy atom. The number of hydrogen-bond acceptors (Lipinski definition) is 9. The van der Waals surface area contributed by atoms with E-state index in [-0.39, 0.29) is 26.1 Å². The highest BCUT2D eigenvalue weighted by molar-refractivity contribution is 6.32. The highest BCUT2D eigenvalue weighted by atomic mass is 16.6. The van der Waals surface area contributed by atoms with Crippen LogP contribution >= 0.6 is 0 Å². The lowest BCUT2D eigenvalue weighted by molar-refractivity contribution is -0.151. The molecule has 1 N–H and O–H groups in total. The van der Waals surface area contributed by atoms with E-state index >= 15 is 0 Å². The van der Waals surface area contributed by atoms with Crippen molar-refractivity contribution in [3.63, 3.8) is 0 Å². The Kier molecular flexibility index (Phi) is 33.6. The van der Waals surface area contributed by atoms with E-state index in [2.05, 4.69) is 6.92 Å². The van der Waals surface area contributed by atoms with Gasteiger partial charge in [-0.1, -0.05) is 103 Å². The number of rotatable bonds is 36. The first-order chi connectivity index (χ1) is 21.1. The summed E-state index contributed by atoms with van der Waals surface area (Å²) in [4.78, 5) is 32.6. The van der Waals surface area contributed by atoms with E-state index < -0.39 is 17.7 Å². The number of esters is 1. The predicted molar refractivity (Wildman–Crippen MR) is 166 cm³/mol. The first kappa shape index (κ1) is 41.4. The molecule has 0 aromatic carbocycles. The van der Waals surface area contributed by atoms with Crippen LogP contribution in [0, 0.1) is 0 Å². The number of hydrogen-bond donors (Lipinski definition) is 1. The van der Waals surface area contributed by atoms with Crippen molar-refractivity contribution < 1.29 is 47.9 Å². The number of aliphatic carboxylic acids is 1. The second kappa shape index (κ2) is 34.9. The van der Waals surface area contributed by atoms with Crippen LogP contribution < -0.4 is 0 Å². The maximum absolute atomic E-state index is 11.4. The minimum atomic E-state index is -1.55. The van der Waals surface area contributed by atoms with Crippen LogP contribution in [0.15, 0.2) is 0 Å². The molecule has 254 valence electrons. The minimum Gasteiger partial charge on any atom is -0.476 e. The van der Waals surface area contributed by atoms with E-state index in [1.165, 1.54) is 96.3 Å². The monoisotopic (exact) mass is 618 g/mol. The van der Waals surface area contributed by atoms with Gasteiger partial charge in [0.05, 0.1) is 65.9 Å². The summed E-state index contributed by atoms with van der Waals surface area (Å²) in [6, 6.07) is 0. The molecule has 0 amide bonds. The van der Waals surface area contributed by atoms with E-state index in [0.29, 0.717) is 52.9 Å². The van der Waals surface area contributed by atoms with Crippen LogP contribution in [-0.2, 0) is 42.8 Å². The second-order valence-corrected chi connectivity index (χ2v) is 10.8. The van der Waals surface area contributed by atoms with E-state index in [9.17, 15) is 14.4 Å². The lowest BCUT2D eigenvalue weighted by Gasteiger charge is -2.08. The maximum atomic E-state index is 11.4. The molecule has 0 rings (SSSR count). The van der Waals surface area contributed by atoms with Crippen LogP contribution in [0.2, 0.25) is 0 Å². The van der Waals surface area contributed by atoms with E-state index in [4.69, 9.17) is 33.5 Å². The Morgan fingerprint density at radius 3 is 1.12 bits per heavy atom. The van der Waals surface area contributed by atoms with Gasteiger partial charge in [0.15, 0.2) is 0 Å². The summed E-state index contributed by atoms with van der Waals surface area (Å²) >= 11 is 0. The number of carbonyl (C=O) groups excluding carboxylic acids is 2. The molecule has 0 heterocycles. The maximum Gasteiger partial charge on any atom is 0.372 e. The van der Waals surface area contributed by atoms with Crippen LogP contribution in [0.4, 0.5) is 0 Å². The summed E-state index contributed by atoms with van der Waals surface area (Å²) in [6.45, 7) is 7.17. The van der Waals surface area contributed by atoms with Crippen LogP contribution in [0.3, 0.4) is 0 Å². The lowest BCUT2D eigenvalue weighted by Crippen LogP contribution is -2.17. The molecule has 10 nitrogen and oxygen atoms in total. The summed E-state index contributed by atoms with van der Waals surface area (Å²) in [5.74, 6) is -3.19. The van der Waals surface area contributed by atoms with Crippen molar-refractivity contribution in [1.82, 2.24) is 0 Å². The highest BCUT2D eigenvalue weighted by Gasteiger charge is 2.14. The molecule has 10 heteroatoms. The van der Waals surface area contributed by atoms with Gasteiger partial charge in [-0.15, -0.1) is 0 Å². The number of carbonyl (C=O) groups is 3. The highest BCUT2D eigenvalue weighted by Crippen LogP contribution is 2.13. The van der Waals surface area contributed by atoms with Gasteiger partial charge >= 0.3 is 11.9 Å². The zero-order valence-electron chi connectivity index (χ0n) is 27.1. The van der Waals surface area contributed by atoms with Gasteiger partial charge in [0.2, 0.25) is 5.78 Å². The average Bonchev–Trinajstić information content (AvgIpc) is 3.00. The molecule has 0 aliphatic heterocycles. The summed E-state index contributed by atoms with van der Waals surface area (Å²) < 4.78 is 32.1. The van der Waals surface area contributed by atoms with Gasteiger partial charge in [0.25, 0.3) is 0 Å². The Hall–Kier alpha value is -1.59. The van der Waals surface area contributed by atoms with Gasteiger partial charge in [0.1, 0.15) is 6.61 Å². The van der Waals surface area contributed by atoms with Crippen molar-refractivity contribution in [2.75, 3.05) is 72.7 Å². The number of ether oxygens (including phenoxy) is 6. The topological polar surface area (TPSA) is 127 Å². The molecular weight excluding hydrogens is 556 g/mol. The first-order valence-corrected chi connectivity index (χ1v) is 16.9. The van der Waals surface area contributed by atoms with Crippen molar-refractivity contribution in [2.24, 2.45) is 0 Å². The molecule has 43 heavy (non-hydrogen) atoms. The molecule has 0 atom stereocenters. The molecule has 0 radical (unpaired) electrons. The standard InChI is InChI=1S/C33H62O10/c1-2-3-4-5-6-7-8-9-10-11-12-13-14-15-16-17-20-38-21-22-39-23-24-40-25-26-41-27-28-42-29-30-43-32(35)19-18-31(34)33(36)37/h2-30H2,1H3,(H,36,37). The molecule has 0 fully saturated rings. The number of Topliss-reactive ketones (excluding diaryl/α,β-unsaturated/α-hetero) is 1. The van der Waals surface area contributed by atoms with Crippen molar-refractivity contribution in [1.29, 1.82) is 0 Å². The van der Waals surface area contributed by atoms with Gasteiger partial charge in [0, 0.05) is 13.0 Å². The smallest absolute Gasteiger partial charge is 0.372 e. The van der Waals surface area contributed by atoms with Gasteiger partial charge in [-0.25, -0.2) is 4.79 Å². The molecule has 0 spiro atoms. The summed E-state index contributed by atoms with van der Waals surface area (Å²) in [6.07, 6.45) is 21.3. The average molecular weight is 619 g/mol. The lowest BCUT2D eigenvalue weighted by atomic mass is 10.0. The zero-order chi connectivity index (χ0) is 31.5. The van der Waals surface area contributed by atoms with Crippen LogP contribution in [0.25, 0.3) is 0 Å². The fourth-order valence-electron chi connectivity index (χ4n) is 4.34. The third-order valence-corrected chi connectivity index (χ3v) is 6.92. The van der Waals surface area contributed by atoms with Crippen LogP contribution in [0.5, 0.6) is 0 Å². The van der Waals surface area contributed by atoms with Crippen LogP contribution in [-0.4, -0.2) is 95.5 Å². The number of ketones is 1. The fraction of sp³-hybridized carbons (Fsp3) is 0.909. The molecule has 0 saturated heterocycles. The third-order valence-electron chi connectivity index (χ3n) is 6.92. The minimum absolute atomic E-state index is 0.0355. The summed E-state index contributed by atoms with van der Waals surface area (Å²) in [5, 5.41) is 8.44. The molecule has 0 aromatic heterocycles. The van der Waals surface area contributed by atoms with Gasteiger partial charge in [-0.2, -0.15) is 0 Å². The molecule has 0 saturated carbocycles. The molecule has 0 aliphatic carbocycles. The Balaban J connectivity index is 3.12. The normalized spacial score (nSPS) is 11.2. The van der Waals surface area contributed by atoms with Gasteiger partial charge < -0.3 is 33.5 Å². The van der Waals surface area contributed by atoms with Crippen molar-refractivity contribution in [3.8, 4) is 0 Å². The Labute approximate surface area is 260 Å². The molecule has 0 unspecified atom stereocenters. The molecule has 0 aliphatic rings. The molecule has 0 bridgehead atoms. The third kappa shape index (κ3) is 34.8. The van der Waals surface area contributed by atoms with Gasteiger partial charge in [-0.05, 0) is 6.42 Å². The van der Waals surface area contributed by atoms with E-state index in [0.717, 1.165) is 13.0 Å². The Morgan fingerprint density at radius 2 is 0.744 bits per heavy atom.